The van der Waals surface area contributed by atoms with Crippen molar-refractivity contribution in [3.63, 3.8) is 0 Å². The van der Waals surface area contributed by atoms with Crippen LogP contribution in [0.15, 0.2) is 18.2 Å². The number of nitrogens with one attached hydrogen (secondary N) is 1. The number of esters is 1. The second kappa shape index (κ2) is 9.47. The molecule has 1 rings (SSSR count). The monoisotopic (exact) mass is 297 g/mol. The van der Waals surface area contributed by atoms with Crippen molar-refractivity contribution in [3.05, 3.63) is 35.1 Å². The summed E-state index contributed by atoms with van der Waals surface area (Å²) in [6.45, 7) is 4.58. The second-order valence-corrected chi connectivity index (χ2v) is 5.03. The second-order valence-electron chi connectivity index (χ2n) is 5.03. The van der Waals surface area contributed by atoms with Gasteiger partial charge in [-0.2, -0.15) is 0 Å². The summed E-state index contributed by atoms with van der Waals surface area (Å²) in [5.74, 6) is -0.480. The van der Waals surface area contributed by atoms with E-state index < -0.39 is 0 Å². The summed E-state index contributed by atoms with van der Waals surface area (Å²) in [6, 6.07) is 4.88. The lowest BCUT2D eigenvalue weighted by molar-refractivity contribution is -0.143. The molecule has 0 radical (unpaired) electrons. The van der Waals surface area contributed by atoms with Gasteiger partial charge < -0.3 is 15.2 Å². The molecule has 1 atom stereocenters. The lowest BCUT2D eigenvalue weighted by Crippen LogP contribution is -2.35. The van der Waals surface area contributed by atoms with Crippen LogP contribution in [0.1, 0.15) is 30.9 Å². The topological polar surface area (TPSA) is 58.6 Å². The van der Waals surface area contributed by atoms with Crippen molar-refractivity contribution < 1.29 is 19.0 Å². The van der Waals surface area contributed by atoms with E-state index in [1.54, 1.807) is 26.0 Å². The molecule has 21 heavy (non-hydrogen) atoms. The van der Waals surface area contributed by atoms with Crippen LogP contribution in [0.4, 0.5) is 4.39 Å². The summed E-state index contributed by atoms with van der Waals surface area (Å²) in [6.07, 6.45) is 1.50. The summed E-state index contributed by atoms with van der Waals surface area (Å²) in [5.41, 5.74) is 1.57. The summed E-state index contributed by atoms with van der Waals surface area (Å²) in [4.78, 5) is 11.6. The molecule has 1 unspecified atom stereocenters. The molecule has 0 spiro atoms. The third kappa shape index (κ3) is 6.69. The average molecular weight is 297 g/mol. The minimum Gasteiger partial charge on any atom is -0.466 e. The van der Waals surface area contributed by atoms with Crippen LogP contribution in [0, 0.1) is 12.7 Å². The standard InChI is InChI=1S/C16H24FNO3/c1-3-21-16(20)11-14(18-7-4-8-19)10-13-5-6-15(17)12(2)9-13/h5-6,9,14,18-19H,3-4,7-8,10-11H2,1-2H3. The molecule has 1 aromatic carbocycles. The van der Waals surface area contributed by atoms with Crippen LogP contribution in [-0.4, -0.2) is 36.9 Å². The molecule has 0 amide bonds. The molecule has 1 aromatic rings. The maximum absolute atomic E-state index is 13.3. The van der Waals surface area contributed by atoms with Crippen LogP contribution in [-0.2, 0) is 16.0 Å². The molecular formula is C16H24FNO3. The normalized spacial score (nSPS) is 12.2. The fourth-order valence-corrected chi connectivity index (χ4v) is 2.14. The highest BCUT2D eigenvalue weighted by Crippen LogP contribution is 2.12. The third-order valence-electron chi connectivity index (χ3n) is 3.19. The van der Waals surface area contributed by atoms with Crippen molar-refractivity contribution in [3.8, 4) is 0 Å². The van der Waals surface area contributed by atoms with Crippen LogP contribution in [0.25, 0.3) is 0 Å². The van der Waals surface area contributed by atoms with Gasteiger partial charge in [0.05, 0.1) is 13.0 Å². The molecule has 0 saturated carbocycles. The van der Waals surface area contributed by atoms with Gasteiger partial charge in [0.25, 0.3) is 0 Å². The molecule has 118 valence electrons. The number of benzene rings is 1. The first kappa shape index (κ1) is 17.6. The maximum Gasteiger partial charge on any atom is 0.307 e. The smallest absolute Gasteiger partial charge is 0.307 e. The van der Waals surface area contributed by atoms with Crippen molar-refractivity contribution in [2.75, 3.05) is 19.8 Å². The van der Waals surface area contributed by atoms with E-state index in [-0.39, 0.29) is 30.9 Å². The Balaban J connectivity index is 2.65. The lowest BCUT2D eigenvalue weighted by atomic mass is 10.0. The number of aliphatic hydroxyl groups excluding tert-OH is 1. The molecular weight excluding hydrogens is 273 g/mol. The van der Waals surface area contributed by atoms with Gasteiger partial charge in [0.1, 0.15) is 5.82 Å². The Morgan fingerprint density at radius 3 is 2.86 bits per heavy atom. The summed E-state index contributed by atoms with van der Waals surface area (Å²) < 4.78 is 18.2. The third-order valence-corrected chi connectivity index (χ3v) is 3.19. The molecule has 0 heterocycles. The van der Waals surface area contributed by atoms with E-state index >= 15 is 0 Å². The minimum atomic E-state index is -0.252. The Morgan fingerprint density at radius 1 is 1.48 bits per heavy atom. The maximum atomic E-state index is 13.3. The fourth-order valence-electron chi connectivity index (χ4n) is 2.14. The molecule has 0 saturated heterocycles. The lowest BCUT2D eigenvalue weighted by Gasteiger charge is -2.18. The Bertz CT molecular complexity index is 451. The van der Waals surface area contributed by atoms with Gasteiger partial charge in [0.2, 0.25) is 0 Å². The SMILES string of the molecule is CCOC(=O)CC(Cc1ccc(F)c(C)c1)NCCCO. The van der Waals surface area contributed by atoms with E-state index in [1.165, 1.54) is 6.07 Å². The molecule has 0 aliphatic rings. The Hall–Kier alpha value is -1.46. The Morgan fingerprint density at radius 2 is 2.24 bits per heavy atom. The number of ether oxygens (including phenoxy) is 1. The number of aliphatic hydroxyl groups is 1. The van der Waals surface area contributed by atoms with E-state index in [4.69, 9.17) is 9.84 Å². The molecule has 0 aliphatic heterocycles. The summed E-state index contributed by atoms with van der Waals surface area (Å²) >= 11 is 0. The van der Waals surface area contributed by atoms with Gasteiger partial charge in [-0.15, -0.1) is 0 Å². The van der Waals surface area contributed by atoms with Gasteiger partial charge in [-0.05, 0) is 50.4 Å². The highest BCUT2D eigenvalue weighted by atomic mass is 19.1. The molecule has 2 N–H and O–H groups in total. The quantitative estimate of drug-likeness (QED) is 0.540. The van der Waals surface area contributed by atoms with Crippen LogP contribution in [0.2, 0.25) is 0 Å². The van der Waals surface area contributed by atoms with Crippen LogP contribution < -0.4 is 5.32 Å². The van der Waals surface area contributed by atoms with Gasteiger partial charge >= 0.3 is 5.97 Å². The number of hydrogen-bond acceptors (Lipinski definition) is 4. The van der Waals surface area contributed by atoms with Gasteiger partial charge in [-0.1, -0.05) is 12.1 Å². The number of carbonyl (C=O) groups excluding carboxylic acids is 1. The summed E-state index contributed by atoms with van der Waals surface area (Å²) in [7, 11) is 0. The van der Waals surface area contributed by atoms with E-state index in [2.05, 4.69) is 5.32 Å². The van der Waals surface area contributed by atoms with Crippen LogP contribution >= 0.6 is 0 Å². The molecule has 4 nitrogen and oxygen atoms in total. The zero-order chi connectivity index (χ0) is 15.7. The van der Waals surface area contributed by atoms with Crippen molar-refractivity contribution in [2.45, 2.75) is 39.2 Å². The van der Waals surface area contributed by atoms with E-state index in [0.717, 1.165) is 5.56 Å². The van der Waals surface area contributed by atoms with Crippen molar-refractivity contribution in [2.24, 2.45) is 0 Å². The van der Waals surface area contributed by atoms with Gasteiger partial charge in [0, 0.05) is 12.6 Å². The van der Waals surface area contributed by atoms with E-state index in [1.807, 2.05) is 0 Å². The molecule has 5 heteroatoms. The highest BCUT2D eigenvalue weighted by molar-refractivity contribution is 5.70. The van der Waals surface area contributed by atoms with Gasteiger partial charge in [-0.3, -0.25) is 4.79 Å². The van der Waals surface area contributed by atoms with E-state index in [9.17, 15) is 9.18 Å². The van der Waals surface area contributed by atoms with E-state index in [0.29, 0.717) is 31.6 Å². The van der Waals surface area contributed by atoms with Crippen molar-refractivity contribution in [1.82, 2.24) is 5.32 Å². The molecule has 0 fully saturated rings. The number of rotatable bonds is 9. The van der Waals surface area contributed by atoms with Crippen molar-refractivity contribution >= 4 is 5.97 Å². The largest absolute Gasteiger partial charge is 0.466 e. The molecule has 0 bridgehead atoms. The first-order chi connectivity index (χ1) is 10.1. The van der Waals surface area contributed by atoms with Crippen molar-refractivity contribution in [1.29, 1.82) is 0 Å². The summed E-state index contributed by atoms with van der Waals surface area (Å²) in [5, 5.41) is 12.1. The predicted molar refractivity (Wildman–Crippen MR) is 79.6 cm³/mol. The predicted octanol–water partition coefficient (Wildman–Crippen LogP) is 1.97. The number of carbonyl (C=O) groups is 1. The first-order valence-electron chi connectivity index (χ1n) is 7.31. The zero-order valence-electron chi connectivity index (χ0n) is 12.7. The molecule has 0 aliphatic carbocycles. The fraction of sp³-hybridized carbons (Fsp3) is 0.562. The number of aryl methyl sites for hydroxylation is 1. The number of halogens is 1. The Labute approximate surface area is 125 Å². The van der Waals surface area contributed by atoms with Gasteiger partial charge in [-0.25, -0.2) is 4.39 Å². The average Bonchev–Trinajstić information content (AvgIpc) is 2.43. The van der Waals surface area contributed by atoms with Crippen LogP contribution in [0.3, 0.4) is 0 Å². The molecule has 0 aromatic heterocycles. The number of hydrogen-bond donors (Lipinski definition) is 2. The van der Waals surface area contributed by atoms with Gasteiger partial charge in [0.15, 0.2) is 0 Å². The minimum absolute atomic E-state index is 0.0829. The Kier molecular flexibility index (Phi) is 7.93. The highest BCUT2D eigenvalue weighted by Gasteiger charge is 2.15. The van der Waals surface area contributed by atoms with Crippen LogP contribution in [0.5, 0.6) is 0 Å². The zero-order valence-corrected chi connectivity index (χ0v) is 12.7. The first-order valence-corrected chi connectivity index (χ1v) is 7.31.